The van der Waals surface area contributed by atoms with E-state index in [1.165, 1.54) is 0 Å². The number of H-pyrrole nitrogens is 1. The van der Waals surface area contributed by atoms with Gasteiger partial charge in [-0.15, -0.1) is 0 Å². The molecule has 15 heteroatoms. The summed E-state index contributed by atoms with van der Waals surface area (Å²) in [6.07, 6.45) is -4.88. The van der Waals surface area contributed by atoms with Gasteiger partial charge >= 0.3 is 13.5 Å². The van der Waals surface area contributed by atoms with Crippen molar-refractivity contribution in [3.8, 4) is 0 Å². The Balaban J connectivity index is 2.19. The Morgan fingerprint density at radius 2 is 2.04 bits per heavy atom. The summed E-state index contributed by atoms with van der Waals surface area (Å²) in [6.45, 7) is -1.51. The lowest BCUT2D eigenvalue weighted by Crippen LogP contribution is -2.38. The Kier molecular flexibility index (Phi) is 6.95. The zero-order chi connectivity index (χ0) is 19.7. The van der Waals surface area contributed by atoms with Crippen molar-refractivity contribution in [2.75, 3.05) is 13.2 Å². The largest absolute Gasteiger partial charge is 0.472 e. The first kappa shape index (κ1) is 21.8. The Hall–Kier alpha value is -0.460. The van der Waals surface area contributed by atoms with Crippen molar-refractivity contribution >= 4 is 42.6 Å². The van der Waals surface area contributed by atoms with Crippen molar-refractivity contribution in [3.05, 3.63) is 33.1 Å². The first-order valence-electron chi connectivity index (χ1n) is 6.92. The maximum absolute atomic E-state index is 11.9. The minimum absolute atomic E-state index is 0.676. The fraction of sp³-hybridized carbons (Fsp3) is 0.636. The molecule has 0 bridgehead atoms. The molecule has 0 spiro atoms. The number of rotatable bonds is 6. The molecule has 1 saturated heterocycles. The zero-order valence-electron chi connectivity index (χ0n) is 12.7. The molecule has 5 atom stereocenters. The minimum Gasteiger partial charge on any atom is -0.394 e. The number of ether oxygens (including phenoxy) is 1. The van der Waals surface area contributed by atoms with Crippen LogP contribution in [0.1, 0.15) is 6.23 Å². The molecule has 0 saturated carbocycles. The predicted octanol–water partition coefficient (Wildman–Crippen LogP) is -0.340. The van der Waals surface area contributed by atoms with Crippen molar-refractivity contribution in [1.82, 2.24) is 9.55 Å². The normalized spacial score (nSPS) is 28.8. The van der Waals surface area contributed by atoms with Crippen molar-refractivity contribution in [2.24, 2.45) is 0 Å². The average molecular weight is 456 g/mol. The lowest BCUT2D eigenvalue weighted by molar-refractivity contribution is -0.0550. The van der Waals surface area contributed by atoms with Crippen LogP contribution < -0.4 is 11.2 Å². The standard InChI is InChI=1S/C11H14Cl3N2O9P/c12-11(13,14)4-23-26(21,22)25-8-5(3-17)24-9(7(8)19)16-2-1-6(18)15-10(16)20/h1-2,5,7-9,17,19H,3-4H2,(H,21,22)(H,15,18,20)/t5-,7-,8-,9-/m1/s1. The number of aromatic amines is 1. The molecule has 0 amide bonds. The second-order valence-corrected chi connectivity index (χ2v) is 9.11. The van der Waals surface area contributed by atoms with Crippen LogP contribution in [0.4, 0.5) is 0 Å². The van der Waals surface area contributed by atoms with E-state index in [2.05, 4.69) is 4.52 Å². The molecule has 2 rings (SSSR count). The Bertz CT molecular complexity index is 794. The van der Waals surface area contributed by atoms with E-state index in [1.807, 2.05) is 4.98 Å². The number of hydrogen-bond donors (Lipinski definition) is 4. The van der Waals surface area contributed by atoms with Gasteiger partial charge in [-0.2, -0.15) is 0 Å². The third-order valence-corrected chi connectivity index (χ3v) is 4.55. The molecule has 0 radical (unpaired) electrons. The molecule has 148 valence electrons. The number of phosphoric ester groups is 1. The van der Waals surface area contributed by atoms with Gasteiger partial charge in [0, 0.05) is 12.3 Å². The van der Waals surface area contributed by atoms with Gasteiger partial charge in [0.05, 0.1) is 6.61 Å². The first-order valence-corrected chi connectivity index (χ1v) is 9.55. The predicted molar refractivity (Wildman–Crippen MR) is 89.3 cm³/mol. The summed E-state index contributed by atoms with van der Waals surface area (Å²) in [4.78, 5) is 34.6. The number of phosphoric acid groups is 1. The topological polar surface area (TPSA) is 160 Å². The van der Waals surface area contributed by atoms with Crippen LogP contribution in [0.3, 0.4) is 0 Å². The number of nitrogens with one attached hydrogen (secondary N) is 1. The van der Waals surface area contributed by atoms with Gasteiger partial charge in [-0.25, -0.2) is 9.36 Å². The summed E-state index contributed by atoms with van der Waals surface area (Å²) >= 11 is 16.2. The second kappa shape index (κ2) is 8.27. The number of hydrogen-bond acceptors (Lipinski definition) is 8. The molecule has 26 heavy (non-hydrogen) atoms. The highest BCUT2D eigenvalue weighted by Gasteiger charge is 2.49. The van der Waals surface area contributed by atoms with Crippen LogP contribution in [0, 0.1) is 0 Å². The highest BCUT2D eigenvalue weighted by Crippen LogP contribution is 2.49. The number of nitrogens with zero attached hydrogens (tertiary/aromatic N) is 1. The fourth-order valence-corrected chi connectivity index (χ4v) is 3.57. The maximum Gasteiger partial charge on any atom is 0.472 e. The number of alkyl halides is 3. The van der Waals surface area contributed by atoms with Crippen LogP contribution in [-0.2, 0) is 18.3 Å². The second-order valence-electron chi connectivity index (χ2n) is 5.18. The third-order valence-electron chi connectivity index (χ3n) is 3.26. The van der Waals surface area contributed by atoms with Gasteiger partial charge in [-0.05, 0) is 0 Å². The third kappa shape index (κ3) is 5.52. The van der Waals surface area contributed by atoms with E-state index in [0.717, 1.165) is 16.8 Å². The molecular formula is C11H14Cl3N2O9P. The number of aliphatic hydroxyl groups excluding tert-OH is 2. The Labute approximate surface area is 160 Å². The van der Waals surface area contributed by atoms with Crippen molar-refractivity contribution in [3.63, 3.8) is 0 Å². The fourth-order valence-electron chi connectivity index (χ4n) is 2.19. The van der Waals surface area contributed by atoms with Crippen LogP contribution in [0.25, 0.3) is 0 Å². The van der Waals surface area contributed by atoms with Gasteiger partial charge in [-0.1, -0.05) is 34.8 Å². The molecular weight excluding hydrogens is 441 g/mol. The quantitative estimate of drug-likeness (QED) is 0.332. The van der Waals surface area contributed by atoms with Gasteiger partial charge in [0.1, 0.15) is 24.9 Å². The molecule has 1 aliphatic rings. The first-order chi connectivity index (χ1) is 11.9. The average Bonchev–Trinajstić information content (AvgIpc) is 2.81. The molecule has 1 aromatic rings. The van der Waals surface area contributed by atoms with E-state index in [4.69, 9.17) is 44.1 Å². The van der Waals surface area contributed by atoms with Crippen LogP contribution >= 0.6 is 42.6 Å². The molecule has 2 heterocycles. The molecule has 11 nitrogen and oxygen atoms in total. The highest BCUT2D eigenvalue weighted by atomic mass is 35.6. The molecule has 0 aromatic carbocycles. The lowest BCUT2D eigenvalue weighted by atomic mass is 10.1. The SMILES string of the molecule is O=c1ccn([C@@H]2O[C@H](CO)[C@@H](OP(=O)(O)OCC(Cl)(Cl)Cl)[C@H]2O)c(=O)[nH]1. The van der Waals surface area contributed by atoms with E-state index in [0.29, 0.717) is 0 Å². The Morgan fingerprint density at radius 1 is 1.38 bits per heavy atom. The van der Waals surface area contributed by atoms with Crippen LogP contribution in [0.5, 0.6) is 0 Å². The molecule has 0 aliphatic carbocycles. The number of aliphatic hydroxyl groups is 2. The molecule has 1 fully saturated rings. The number of aromatic nitrogens is 2. The summed E-state index contributed by atoms with van der Waals surface area (Å²) in [6, 6.07) is 1.00. The van der Waals surface area contributed by atoms with E-state index in [1.54, 1.807) is 0 Å². The van der Waals surface area contributed by atoms with Crippen LogP contribution in [0.2, 0.25) is 0 Å². The van der Waals surface area contributed by atoms with Crippen molar-refractivity contribution < 1.29 is 33.5 Å². The highest BCUT2D eigenvalue weighted by molar-refractivity contribution is 7.47. The minimum atomic E-state index is -4.81. The van der Waals surface area contributed by atoms with Crippen molar-refractivity contribution in [2.45, 2.75) is 28.3 Å². The summed E-state index contributed by atoms with van der Waals surface area (Å²) in [5.41, 5.74) is -1.58. The molecule has 1 aliphatic heterocycles. The summed E-state index contributed by atoms with van der Waals surface area (Å²) < 4.78 is 25.4. The van der Waals surface area contributed by atoms with E-state index in [-0.39, 0.29) is 0 Å². The van der Waals surface area contributed by atoms with Gasteiger partial charge < -0.3 is 19.8 Å². The van der Waals surface area contributed by atoms with Gasteiger partial charge in [-0.3, -0.25) is 23.4 Å². The Morgan fingerprint density at radius 3 is 2.58 bits per heavy atom. The molecule has 4 N–H and O–H groups in total. The summed E-state index contributed by atoms with van der Waals surface area (Å²) in [5, 5.41) is 19.7. The summed E-state index contributed by atoms with van der Waals surface area (Å²) in [5.74, 6) is 0. The van der Waals surface area contributed by atoms with Crippen LogP contribution in [0.15, 0.2) is 21.9 Å². The lowest BCUT2D eigenvalue weighted by Gasteiger charge is -2.23. The smallest absolute Gasteiger partial charge is 0.394 e. The zero-order valence-corrected chi connectivity index (χ0v) is 15.9. The van der Waals surface area contributed by atoms with Gasteiger partial charge in [0.25, 0.3) is 5.56 Å². The van der Waals surface area contributed by atoms with E-state index in [9.17, 15) is 29.3 Å². The molecule has 1 unspecified atom stereocenters. The number of halogens is 3. The van der Waals surface area contributed by atoms with Gasteiger partial charge in [0.15, 0.2) is 6.23 Å². The summed E-state index contributed by atoms with van der Waals surface area (Å²) in [7, 11) is -4.81. The van der Waals surface area contributed by atoms with E-state index >= 15 is 0 Å². The van der Waals surface area contributed by atoms with Crippen molar-refractivity contribution in [1.29, 1.82) is 0 Å². The van der Waals surface area contributed by atoms with E-state index < -0.39 is 60.6 Å². The molecule has 1 aromatic heterocycles. The maximum atomic E-state index is 11.9. The van der Waals surface area contributed by atoms with Crippen LogP contribution in [-0.4, -0.2) is 60.0 Å². The van der Waals surface area contributed by atoms with Gasteiger partial charge in [0.2, 0.25) is 3.79 Å². The monoisotopic (exact) mass is 454 g/mol.